The van der Waals surface area contributed by atoms with E-state index in [1.807, 2.05) is 0 Å². The number of nitrogens with zero attached hydrogens (tertiary/aromatic N) is 1. The zero-order valence-electron chi connectivity index (χ0n) is 15.3. The predicted molar refractivity (Wildman–Crippen MR) is 96.4 cm³/mol. The number of rotatable bonds is 4. The lowest BCUT2D eigenvalue weighted by Crippen LogP contribution is -2.54. The van der Waals surface area contributed by atoms with Gasteiger partial charge in [0.05, 0.1) is 11.1 Å². The molecule has 150 valence electrons. The van der Waals surface area contributed by atoms with Crippen LogP contribution in [0.15, 0.2) is 41.3 Å². The minimum absolute atomic E-state index is 0.151. The summed E-state index contributed by atoms with van der Waals surface area (Å²) in [6, 6.07) is 6.95. The third-order valence-electron chi connectivity index (χ3n) is 4.05. The molecule has 2 aromatic rings. The molecule has 0 unspecified atom stereocenters. The van der Waals surface area contributed by atoms with Crippen molar-refractivity contribution in [2.45, 2.75) is 19.4 Å². The highest BCUT2D eigenvalue weighted by atomic mass is 16.7. The second-order valence-corrected chi connectivity index (χ2v) is 6.56. The van der Waals surface area contributed by atoms with E-state index in [0.29, 0.717) is 5.06 Å². The van der Waals surface area contributed by atoms with Gasteiger partial charge in [0.25, 0.3) is 23.6 Å². The summed E-state index contributed by atoms with van der Waals surface area (Å²) in [7, 11) is 0. The maximum absolute atomic E-state index is 12.4. The van der Waals surface area contributed by atoms with Gasteiger partial charge in [-0.3, -0.25) is 34.8 Å². The number of amides is 4. The first-order valence-corrected chi connectivity index (χ1v) is 8.31. The van der Waals surface area contributed by atoms with Crippen LogP contribution in [0.3, 0.4) is 0 Å². The van der Waals surface area contributed by atoms with Crippen LogP contribution >= 0.6 is 0 Å². The van der Waals surface area contributed by atoms with Gasteiger partial charge in [0.15, 0.2) is 11.4 Å². The molecule has 2 heterocycles. The number of carbonyl (C=O) groups is 4. The minimum atomic E-state index is -1.72. The maximum atomic E-state index is 12.4. The van der Waals surface area contributed by atoms with E-state index in [1.165, 1.54) is 26.0 Å². The first-order chi connectivity index (χ1) is 13.6. The quantitative estimate of drug-likeness (QED) is 0.410. The van der Waals surface area contributed by atoms with Gasteiger partial charge in [0.1, 0.15) is 5.69 Å². The fourth-order valence-electron chi connectivity index (χ4n) is 2.45. The summed E-state index contributed by atoms with van der Waals surface area (Å²) in [5.41, 5.74) is 1.72. The number of nitrogens with one attached hydrogen (secondary N) is 3. The Kier molecular flexibility index (Phi) is 4.91. The van der Waals surface area contributed by atoms with Crippen molar-refractivity contribution in [3.05, 3.63) is 63.6 Å². The predicted octanol–water partition coefficient (Wildman–Crippen LogP) is -0.152. The Morgan fingerprint density at radius 3 is 2.21 bits per heavy atom. The van der Waals surface area contributed by atoms with Crippen molar-refractivity contribution in [3.8, 4) is 5.75 Å². The molecule has 1 aromatic heterocycles. The highest BCUT2D eigenvalue weighted by molar-refractivity contribution is 6.20. The fraction of sp³-hybridized carbons (Fsp3) is 0.167. The van der Waals surface area contributed by atoms with Gasteiger partial charge in [0.2, 0.25) is 5.43 Å². The summed E-state index contributed by atoms with van der Waals surface area (Å²) in [4.78, 5) is 68.1. The van der Waals surface area contributed by atoms with Crippen molar-refractivity contribution in [3.63, 3.8) is 0 Å². The lowest BCUT2D eigenvalue weighted by Gasteiger charge is -2.27. The molecule has 4 N–H and O–H groups in total. The lowest BCUT2D eigenvalue weighted by atomic mass is 10.1. The smallest absolute Gasteiger partial charge is 0.286 e. The van der Waals surface area contributed by atoms with E-state index in [1.54, 1.807) is 12.1 Å². The second-order valence-electron chi connectivity index (χ2n) is 6.56. The van der Waals surface area contributed by atoms with Crippen LogP contribution in [-0.2, 0) is 9.63 Å². The number of carbonyl (C=O) groups excluding carboxylic acids is 4. The molecule has 1 aliphatic rings. The molecule has 0 saturated heterocycles. The average molecular weight is 400 g/mol. The number of benzene rings is 1. The number of fused-ring (bicyclic) bond motifs is 1. The van der Waals surface area contributed by atoms with Gasteiger partial charge in [-0.2, -0.15) is 0 Å². The van der Waals surface area contributed by atoms with Crippen molar-refractivity contribution in [2.75, 3.05) is 0 Å². The number of aromatic hydroxyl groups is 1. The number of imide groups is 1. The first-order valence-electron chi connectivity index (χ1n) is 8.31. The Balaban J connectivity index is 1.65. The number of hydrogen-bond acceptors (Lipinski definition) is 7. The molecule has 11 heteroatoms. The van der Waals surface area contributed by atoms with Gasteiger partial charge < -0.3 is 10.1 Å². The van der Waals surface area contributed by atoms with E-state index in [4.69, 9.17) is 4.84 Å². The highest BCUT2D eigenvalue weighted by Crippen LogP contribution is 2.25. The molecule has 0 radical (unpaired) electrons. The van der Waals surface area contributed by atoms with Crippen molar-refractivity contribution in [2.24, 2.45) is 0 Å². The molecule has 4 amide bonds. The van der Waals surface area contributed by atoms with E-state index in [9.17, 15) is 29.1 Å². The standard InChI is InChI=1S/C18H16N4O7/c1-18(2,29-22-15(26)9-5-3-4-6-10(9)16(22)27)17(28)21-20-14(25)11-7-12(23)13(24)8-19-11/h3-8,24H,1-2H3,(H,19,23)(H,20,25)(H,21,28). The van der Waals surface area contributed by atoms with Crippen LogP contribution in [0.5, 0.6) is 5.75 Å². The Labute approximate surface area is 163 Å². The van der Waals surface area contributed by atoms with Crippen LogP contribution in [-0.4, -0.2) is 44.4 Å². The summed E-state index contributed by atoms with van der Waals surface area (Å²) in [5.74, 6) is -3.73. The van der Waals surface area contributed by atoms with Crippen LogP contribution < -0.4 is 16.3 Å². The molecule has 11 nitrogen and oxygen atoms in total. The van der Waals surface area contributed by atoms with Crippen molar-refractivity contribution < 1.29 is 29.1 Å². The fourth-order valence-corrected chi connectivity index (χ4v) is 2.45. The SMILES string of the molecule is CC(C)(ON1C(=O)c2ccccc2C1=O)C(=O)NNC(=O)c1cc(=O)c(O)c[nH]1. The average Bonchev–Trinajstić information content (AvgIpc) is 2.92. The van der Waals surface area contributed by atoms with Crippen LogP contribution in [0, 0.1) is 0 Å². The van der Waals surface area contributed by atoms with Crippen molar-refractivity contribution in [1.29, 1.82) is 0 Å². The monoisotopic (exact) mass is 400 g/mol. The van der Waals surface area contributed by atoms with Gasteiger partial charge in [-0.1, -0.05) is 12.1 Å². The number of hydrazine groups is 1. The van der Waals surface area contributed by atoms with Crippen LogP contribution in [0.4, 0.5) is 0 Å². The molecule has 0 spiro atoms. The molecule has 0 bridgehead atoms. The topological polar surface area (TPSA) is 158 Å². The molecule has 0 fully saturated rings. The lowest BCUT2D eigenvalue weighted by molar-refractivity contribution is -0.185. The number of pyridine rings is 1. The van der Waals surface area contributed by atoms with Crippen molar-refractivity contribution in [1.82, 2.24) is 20.9 Å². The number of aromatic amines is 1. The van der Waals surface area contributed by atoms with E-state index in [-0.39, 0.29) is 16.8 Å². The normalized spacial score (nSPS) is 13.2. The summed E-state index contributed by atoms with van der Waals surface area (Å²) < 4.78 is 0. The highest BCUT2D eigenvalue weighted by Gasteiger charge is 2.42. The Morgan fingerprint density at radius 1 is 1.07 bits per heavy atom. The summed E-state index contributed by atoms with van der Waals surface area (Å²) in [6.07, 6.45) is 0.925. The Hall–Kier alpha value is -3.99. The van der Waals surface area contributed by atoms with Crippen LogP contribution in [0.25, 0.3) is 0 Å². The van der Waals surface area contributed by atoms with Gasteiger partial charge >= 0.3 is 0 Å². The summed E-state index contributed by atoms with van der Waals surface area (Å²) >= 11 is 0. The van der Waals surface area contributed by atoms with Crippen LogP contribution in [0.2, 0.25) is 0 Å². The molecule has 3 rings (SSSR count). The minimum Gasteiger partial charge on any atom is -0.503 e. The third kappa shape index (κ3) is 3.71. The molecule has 29 heavy (non-hydrogen) atoms. The number of H-pyrrole nitrogens is 1. The summed E-state index contributed by atoms with van der Waals surface area (Å²) in [5, 5.41) is 9.66. The molecule has 0 atom stereocenters. The molecular formula is C18H16N4O7. The Morgan fingerprint density at radius 2 is 1.66 bits per heavy atom. The number of hydrogen-bond donors (Lipinski definition) is 4. The van der Waals surface area contributed by atoms with Gasteiger partial charge in [-0.05, 0) is 26.0 Å². The summed E-state index contributed by atoms with van der Waals surface area (Å²) in [6.45, 7) is 2.58. The first kappa shape index (κ1) is 19.8. The van der Waals surface area contributed by atoms with Gasteiger partial charge in [-0.25, -0.2) is 4.84 Å². The Bertz CT molecular complexity index is 1050. The number of aromatic nitrogens is 1. The zero-order valence-corrected chi connectivity index (χ0v) is 15.3. The molecule has 0 saturated carbocycles. The van der Waals surface area contributed by atoms with E-state index in [2.05, 4.69) is 15.8 Å². The molecular weight excluding hydrogens is 384 g/mol. The third-order valence-corrected chi connectivity index (χ3v) is 4.05. The van der Waals surface area contributed by atoms with E-state index in [0.717, 1.165) is 12.3 Å². The van der Waals surface area contributed by atoms with E-state index < -0.39 is 40.4 Å². The maximum Gasteiger partial charge on any atom is 0.286 e. The van der Waals surface area contributed by atoms with Gasteiger partial charge in [0, 0.05) is 12.3 Å². The van der Waals surface area contributed by atoms with Gasteiger partial charge in [-0.15, -0.1) is 5.06 Å². The van der Waals surface area contributed by atoms with Crippen LogP contribution in [0.1, 0.15) is 45.1 Å². The molecule has 0 aliphatic carbocycles. The number of hydroxylamine groups is 2. The van der Waals surface area contributed by atoms with E-state index >= 15 is 0 Å². The van der Waals surface area contributed by atoms with Crippen molar-refractivity contribution >= 4 is 23.6 Å². The molecule has 1 aromatic carbocycles. The second kappa shape index (κ2) is 7.20. The molecule has 1 aliphatic heterocycles. The largest absolute Gasteiger partial charge is 0.503 e. The zero-order chi connectivity index (χ0) is 21.3.